The van der Waals surface area contributed by atoms with Crippen LogP contribution in [-0.4, -0.2) is 11.1 Å². The third-order valence-corrected chi connectivity index (χ3v) is 2.78. The van der Waals surface area contributed by atoms with Crippen LogP contribution in [0.4, 0.5) is 0 Å². The van der Waals surface area contributed by atoms with E-state index in [1.165, 1.54) is 43.8 Å². The maximum absolute atomic E-state index is 10.5. The number of carbonyl (C=O) groups is 1. The first-order valence-electron chi connectivity index (χ1n) is 6.79. The van der Waals surface area contributed by atoms with Crippen LogP contribution in [0.25, 0.3) is 0 Å². The molecule has 19 heavy (non-hydrogen) atoms. The quantitative estimate of drug-likeness (QED) is 0.290. The monoisotopic (exact) mass is 261 g/mol. The van der Waals surface area contributed by atoms with E-state index in [9.17, 15) is 4.79 Å². The Morgan fingerprint density at radius 3 is 2.37 bits per heavy atom. The first kappa shape index (κ1) is 17.2. The standard InChI is InChI=1S/C16H23NO2/c1-3-4-5-6-7-10-14(2)11-8-9-12-15(13-17)16(18)19/h8-9,11-12H,3-7,10H2,1-2H3,(H,18,19)/b9-8+,14-11-,15-12+. The van der Waals surface area contributed by atoms with Gasteiger partial charge in [-0.15, -0.1) is 0 Å². The molecule has 0 unspecified atom stereocenters. The lowest BCUT2D eigenvalue weighted by molar-refractivity contribution is -0.132. The minimum atomic E-state index is -1.19. The van der Waals surface area contributed by atoms with E-state index in [-0.39, 0.29) is 5.57 Å². The molecular formula is C16H23NO2. The Balaban J connectivity index is 4.04. The topological polar surface area (TPSA) is 61.1 Å². The second-order valence-electron chi connectivity index (χ2n) is 4.56. The Kier molecular flexibility index (Phi) is 10.2. The summed E-state index contributed by atoms with van der Waals surface area (Å²) >= 11 is 0. The number of aliphatic carboxylic acids is 1. The predicted molar refractivity (Wildman–Crippen MR) is 77.6 cm³/mol. The fourth-order valence-corrected chi connectivity index (χ4v) is 1.62. The molecule has 0 atom stereocenters. The molecular weight excluding hydrogens is 238 g/mol. The maximum Gasteiger partial charge on any atom is 0.346 e. The fourth-order valence-electron chi connectivity index (χ4n) is 1.62. The lowest BCUT2D eigenvalue weighted by Crippen LogP contribution is -1.96. The molecule has 0 saturated carbocycles. The summed E-state index contributed by atoms with van der Waals surface area (Å²) in [5.74, 6) is -1.19. The number of hydrogen-bond acceptors (Lipinski definition) is 2. The van der Waals surface area contributed by atoms with Crippen molar-refractivity contribution in [3.63, 3.8) is 0 Å². The number of rotatable bonds is 9. The highest BCUT2D eigenvalue weighted by Gasteiger charge is 2.02. The SMILES string of the molecule is CCCCCCC\C(C)=C/C=C/C=C(\C#N)C(=O)O. The molecule has 0 heterocycles. The van der Waals surface area contributed by atoms with Crippen molar-refractivity contribution in [1.29, 1.82) is 5.26 Å². The van der Waals surface area contributed by atoms with Crippen molar-refractivity contribution < 1.29 is 9.90 Å². The first-order valence-corrected chi connectivity index (χ1v) is 6.79. The van der Waals surface area contributed by atoms with Gasteiger partial charge in [-0.3, -0.25) is 0 Å². The molecule has 104 valence electrons. The summed E-state index contributed by atoms with van der Waals surface area (Å²) in [4.78, 5) is 10.5. The van der Waals surface area contributed by atoms with E-state index in [0.29, 0.717) is 0 Å². The summed E-state index contributed by atoms with van der Waals surface area (Å²) in [6.07, 6.45) is 14.0. The molecule has 0 aromatic heterocycles. The van der Waals surface area contributed by atoms with Crippen molar-refractivity contribution in [2.75, 3.05) is 0 Å². The van der Waals surface area contributed by atoms with E-state index < -0.39 is 5.97 Å². The van der Waals surface area contributed by atoms with Gasteiger partial charge in [-0.25, -0.2) is 4.79 Å². The number of hydrogen-bond donors (Lipinski definition) is 1. The highest BCUT2D eigenvalue weighted by atomic mass is 16.4. The molecule has 0 aliphatic heterocycles. The summed E-state index contributed by atoms with van der Waals surface area (Å²) in [7, 11) is 0. The van der Waals surface area contributed by atoms with Crippen LogP contribution >= 0.6 is 0 Å². The zero-order chi connectivity index (χ0) is 14.5. The summed E-state index contributed by atoms with van der Waals surface area (Å²) in [5.41, 5.74) is 1.02. The van der Waals surface area contributed by atoms with Gasteiger partial charge in [-0.1, -0.05) is 56.4 Å². The van der Waals surface area contributed by atoms with Gasteiger partial charge in [0.25, 0.3) is 0 Å². The van der Waals surface area contributed by atoms with Gasteiger partial charge in [0, 0.05) is 0 Å². The molecule has 0 rings (SSSR count). The molecule has 3 nitrogen and oxygen atoms in total. The lowest BCUT2D eigenvalue weighted by Gasteiger charge is -2.00. The Bertz CT molecular complexity index is 397. The van der Waals surface area contributed by atoms with Crippen LogP contribution in [-0.2, 0) is 4.79 Å². The molecule has 0 aromatic carbocycles. The molecule has 1 N–H and O–H groups in total. The van der Waals surface area contributed by atoms with Crippen molar-refractivity contribution in [3.8, 4) is 6.07 Å². The van der Waals surface area contributed by atoms with Crippen LogP contribution in [0, 0.1) is 11.3 Å². The molecule has 0 radical (unpaired) electrons. The number of nitrogens with zero attached hydrogens (tertiary/aromatic N) is 1. The molecule has 0 saturated heterocycles. The van der Waals surface area contributed by atoms with Gasteiger partial charge >= 0.3 is 5.97 Å². The van der Waals surface area contributed by atoms with Crippen molar-refractivity contribution in [1.82, 2.24) is 0 Å². The third kappa shape index (κ3) is 9.84. The Labute approximate surface area is 115 Å². The zero-order valence-corrected chi connectivity index (χ0v) is 11.9. The van der Waals surface area contributed by atoms with Gasteiger partial charge in [0.1, 0.15) is 11.6 Å². The summed E-state index contributed by atoms with van der Waals surface area (Å²) in [6, 6.07) is 1.63. The number of carboxylic acids is 1. The highest BCUT2D eigenvalue weighted by molar-refractivity contribution is 5.91. The molecule has 0 fully saturated rings. The summed E-state index contributed by atoms with van der Waals surface area (Å²) < 4.78 is 0. The molecule has 0 bridgehead atoms. The van der Waals surface area contributed by atoms with Gasteiger partial charge in [0.05, 0.1) is 0 Å². The number of allylic oxidation sites excluding steroid dienone is 5. The Morgan fingerprint density at radius 1 is 1.16 bits per heavy atom. The Morgan fingerprint density at radius 2 is 1.79 bits per heavy atom. The fraction of sp³-hybridized carbons (Fsp3) is 0.500. The Hall–Kier alpha value is -1.82. The van der Waals surface area contributed by atoms with E-state index in [0.717, 1.165) is 6.42 Å². The minimum absolute atomic E-state index is 0.248. The molecule has 0 amide bonds. The van der Waals surface area contributed by atoms with Gasteiger partial charge < -0.3 is 5.11 Å². The molecule has 3 heteroatoms. The number of carboxylic acid groups (broad SMARTS) is 1. The number of nitriles is 1. The smallest absolute Gasteiger partial charge is 0.346 e. The van der Waals surface area contributed by atoms with E-state index in [1.807, 2.05) is 6.08 Å². The van der Waals surface area contributed by atoms with Crippen LogP contribution < -0.4 is 0 Å². The zero-order valence-electron chi connectivity index (χ0n) is 11.9. The summed E-state index contributed by atoms with van der Waals surface area (Å²) in [5, 5.41) is 17.2. The maximum atomic E-state index is 10.5. The van der Waals surface area contributed by atoms with Crippen molar-refractivity contribution in [2.24, 2.45) is 0 Å². The number of unbranched alkanes of at least 4 members (excludes halogenated alkanes) is 4. The average molecular weight is 261 g/mol. The van der Waals surface area contributed by atoms with E-state index in [4.69, 9.17) is 10.4 Å². The van der Waals surface area contributed by atoms with Crippen LogP contribution in [0.15, 0.2) is 35.5 Å². The summed E-state index contributed by atoms with van der Waals surface area (Å²) in [6.45, 7) is 4.27. The predicted octanol–water partition coefficient (Wildman–Crippen LogP) is 4.38. The van der Waals surface area contributed by atoms with Crippen LogP contribution in [0.3, 0.4) is 0 Å². The van der Waals surface area contributed by atoms with E-state index in [1.54, 1.807) is 18.2 Å². The van der Waals surface area contributed by atoms with Crippen molar-refractivity contribution in [3.05, 3.63) is 35.5 Å². The van der Waals surface area contributed by atoms with Crippen molar-refractivity contribution >= 4 is 5.97 Å². The normalized spacial score (nSPS) is 12.7. The van der Waals surface area contributed by atoms with Crippen LogP contribution in [0.5, 0.6) is 0 Å². The largest absolute Gasteiger partial charge is 0.477 e. The molecule has 0 spiro atoms. The highest BCUT2D eigenvalue weighted by Crippen LogP contribution is 2.10. The van der Waals surface area contributed by atoms with Gasteiger partial charge in [0.15, 0.2) is 0 Å². The molecule has 0 aliphatic rings. The lowest BCUT2D eigenvalue weighted by atomic mass is 10.1. The third-order valence-electron chi connectivity index (χ3n) is 2.78. The molecule has 0 aliphatic carbocycles. The van der Waals surface area contributed by atoms with E-state index >= 15 is 0 Å². The minimum Gasteiger partial charge on any atom is -0.477 e. The van der Waals surface area contributed by atoms with Gasteiger partial charge in [-0.05, 0) is 25.8 Å². The second-order valence-corrected chi connectivity index (χ2v) is 4.56. The molecule has 0 aromatic rings. The van der Waals surface area contributed by atoms with Crippen LogP contribution in [0.2, 0.25) is 0 Å². The second kappa shape index (κ2) is 11.3. The van der Waals surface area contributed by atoms with Crippen LogP contribution in [0.1, 0.15) is 52.4 Å². The van der Waals surface area contributed by atoms with E-state index in [2.05, 4.69) is 13.8 Å². The van der Waals surface area contributed by atoms with Gasteiger partial charge in [0.2, 0.25) is 0 Å². The van der Waals surface area contributed by atoms with Crippen molar-refractivity contribution in [2.45, 2.75) is 52.4 Å². The first-order chi connectivity index (χ1) is 9.11. The van der Waals surface area contributed by atoms with Gasteiger partial charge in [-0.2, -0.15) is 5.26 Å². The average Bonchev–Trinajstić information content (AvgIpc) is 2.38.